The van der Waals surface area contributed by atoms with Gasteiger partial charge in [0, 0.05) is 22.3 Å². The fourth-order valence-corrected chi connectivity index (χ4v) is 3.90. The predicted octanol–water partition coefficient (Wildman–Crippen LogP) is 6.20. The third-order valence-electron chi connectivity index (χ3n) is 5.51. The Morgan fingerprint density at radius 1 is 0.742 bits per heavy atom. The van der Waals surface area contributed by atoms with E-state index in [1.165, 1.54) is 0 Å². The molecule has 0 fully saturated rings. The van der Waals surface area contributed by atoms with Crippen LogP contribution in [0.4, 0.5) is 11.4 Å². The standard InChI is InChI=1S/C27H20N2O2/c28-26-22-9-5-4-6-17(22)12-13-23(26)19-11-10-18-15-24(25(30)16-20(18)14-19)27(31)29-21-7-2-1-3-8-21/h1-16,30H,28H2,(H,29,31). The number of phenolic OH excluding ortho intramolecular Hbond substituents is 1. The number of nitrogens with one attached hydrogen (secondary N) is 1. The molecule has 0 unspecified atom stereocenters. The van der Waals surface area contributed by atoms with Crippen molar-refractivity contribution in [3.05, 3.63) is 103 Å². The molecular weight excluding hydrogens is 384 g/mol. The molecule has 0 aliphatic heterocycles. The van der Waals surface area contributed by atoms with Crippen molar-refractivity contribution in [1.82, 2.24) is 0 Å². The number of rotatable bonds is 3. The summed E-state index contributed by atoms with van der Waals surface area (Å²) in [5.41, 5.74) is 9.98. The van der Waals surface area contributed by atoms with Crippen LogP contribution in [0.1, 0.15) is 10.4 Å². The van der Waals surface area contributed by atoms with Crippen LogP contribution in [-0.2, 0) is 0 Å². The van der Waals surface area contributed by atoms with E-state index in [1.54, 1.807) is 24.3 Å². The fourth-order valence-electron chi connectivity index (χ4n) is 3.90. The topological polar surface area (TPSA) is 75.4 Å². The Morgan fingerprint density at radius 3 is 2.32 bits per heavy atom. The van der Waals surface area contributed by atoms with E-state index in [4.69, 9.17) is 5.73 Å². The molecule has 5 rings (SSSR count). The molecule has 0 bridgehead atoms. The molecule has 0 aliphatic rings. The number of hydrogen-bond donors (Lipinski definition) is 3. The molecule has 5 aromatic carbocycles. The maximum Gasteiger partial charge on any atom is 0.259 e. The highest BCUT2D eigenvalue weighted by Gasteiger charge is 2.14. The van der Waals surface area contributed by atoms with Crippen LogP contribution in [0.15, 0.2) is 97.1 Å². The molecule has 0 spiro atoms. The van der Waals surface area contributed by atoms with Crippen LogP contribution in [-0.4, -0.2) is 11.0 Å². The number of phenols is 1. The van der Waals surface area contributed by atoms with Crippen molar-refractivity contribution in [2.75, 3.05) is 11.1 Å². The van der Waals surface area contributed by atoms with Gasteiger partial charge in [-0.25, -0.2) is 0 Å². The zero-order valence-corrected chi connectivity index (χ0v) is 16.7. The molecule has 0 saturated carbocycles. The average Bonchev–Trinajstić information content (AvgIpc) is 2.79. The molecule has 0 saturated heterocycles. The minimum absolute atomic E-state index is 0.0652. The van der Waals surface area contributed by atoms with Gasteiger partial charge in [0.25, 0.3) is 5.91 Å². The van der Waals surface area contributed by atoms with E-state index in [2.05, 4.69) is 11.4 Å². The van der Waals surface area contributed by atoms with Crippen LogP contribution in [0.25, 0.3) is 32.7 Å². The van der Waals surface area contributed by atoms with Gasteiger partial charge in [-0.15, -0.1) is 0 Å². The Morgan fingerprint density at radius 2 is 1.48 bits per heavy atom. The predicted molar refractivity (Wildman–Crippen MR) is 127 cm³/mol. The number of para-hydroxylation sites is 1. The Bertz CT molecular complexity index is 1440. The second kappa shape index (κ2) is 7.50. The van der Waals surface area contributed by atoms with Crippen molar-refractivity contribution in [3.8, 4) is 16.9 Å². The summed E-state index contributed by atoms with van der Waals surface area (Å²) in [6.45, 7) is 0. The third kappa shape index (κ3) is 3.45. The quantitative estimate of drug-likeness (QED) is 0.313. The normalized spacial score (nSPS) is 11.0. The molecule has 4 heteroatoms. The summed E-state index contributed by atoms with van der Waals surface area (Å²) in [7, 11) is 0. The van der Waals surface area contributed by atoms with Gasteiger partial charge < -0.3 is 16.2 Å². The summed E-state index contributed by atoms with van der Waals surface area (Å²) in [6, 6.07) is 30.5. The van der Waals surface area contributed by atoms with Crippen molar-refractivity contribution in [1.29, 1.82) is 0 Å². The molecule has 4 N–H and O–H groups in total. The fraction of sp³-hybridized carbons (Fsp3) is 0. The second-order valence-corrected chi connectivity index (χ2v) is 7.50. The van der Waals surface area contributed by atoms with Gasteiger partial charge in [-0.05, 0) is 52.1 Å². The van der Waals surface area contributed by atoms with Crippen LogP contribution in [0.3, 0.4) is 0 Å². The molecule has 0 heterocycles. The highest BCUT2D eigenvalue weighted by Crippen LogP contribution is 2.35. The number of hydrogen-bond acceptors (Lipinski definition) is 3. The molecular formula is C27H20N2O2. The Hall–Kier alpha value is -4.31. The maximum atomic E-state index is 12.6. The van der Waals surface area contributed by atoms with E-state index in [-0.39, 0.29) is 17.2 Å². The van der Waals surface area contributed by atoms with Gasteiger partial charge in [0.1, 0.15) is 5.75 Å². The zero-order chi connectivity index (χ0) is 21.4. The molecule has 0 aliphatic carbocycles. The Balaban J connectivity index is 1.54. The first kappa shape index (κ1) is 18.7. The van der Waals surface area contributed by atoms with Crippen molar-refractivity contribution in [2.45, 2.75) is 0 Å². The SMILES string of the molecule is Nc1c(-c2ccc3cc(C(=O)Nc4ccccc4)c(O)cc3c2)ccc2ccccc12. The molecule has 31 heavy (non-hydrogen) atoms. The summed E-state index contributed by atoms with van der Waals surface area (Å²) in [5, 5.41) is 17.1. The highest BCUT2D eigenvalue weighted by atomic mass is 16.3. The van der Waals surface area contributed by atoms with Crippen molar-refractivity contribution in [2.24, 2.45) is 0 Å². The number of anilines is 2. The number of nitrogen functional groups attached to an aromatic ring is 1. The zero-order valence-electron chi connectivity index (χ0n) is 16.7. The van der Waals surface area contributed by atoms with Gasteiger partial charge in [-0.1, -0.05) is 66.7 Å². The van der Waals surface area contributed by atoms with Crippen LogP contribution in [0.5, 0.6) is 5.75 Å². The third-order valence-corrected chi connectivity index (χ3v) is 5.51. The second-order valence-electron chi connectivity index (χ2n) is 7.50. The number of carbonyl (C=O) groups excluding carboxylic acids is 1. The molecule has 1 amide bonds. The lowest BCUT2D eigenvalue weighted by molar-refractivity contribution is 0.102. The van der Waals surface area contributed by atoms with E-state index in [9.17, 15) is 9.90 Å². The van der Waals surface area contributed by atoms with E-state index in [0.717, 1.165) is 38.4 Å². The van der Waals surface area contributed by atoms with Gasteiger partial charge in [0.15, 0.2) is 0 Å². The smallest absolute Gasteiger partial charge is 0.259 e. The lowest BCUT2D eigenvalue weighted by atomic mass is 9.96. The van der Waals surface area contributed by atoms with E-state index >= 15 is 0 Å². The van der Waals surface area contributed by atoms with Gasteiger partial charge in [-0.3, -0.25) is 4.79 Å². The van der Waals surface area contributed by atoms with Crippen molar-refractivity contribution < 1.29 is 9.90 Å². The summed E-state index contributed by atoms with van der Waals surface area (Å²) < 4.78 is 0. The van der Waals surface area contributed by atoms with Gasteiger partial charge in [0.05, 0.1) is 5.56 Å². The van der Waals surface area contributed by atoms with E-state index in [1.807, 2.05) is 66.7 Å². The molecule has 150 valence electrons. The summed E-state index contributed by atoms with van der Waals surface area (Å²) in [4.78, 5) is 12.6. The molecule has 0 radical (unpaired) electrons. The number of benzene rings is 5. The van der Waals surface area contributed by atoms with Crippen molar-refractivity contribution >= 4 is 38.8 Å². The van der Waals surface area contributed by atoms with Gasteiger partial charge >= 0.3 is 0 Å². The minimum atomic E-state index is -0.353. The van der Waals surface area contributed by atoms with E-state index in [0.29, 0.717) is 5.69 Å². The maximum absolute atomic E-state index is 12.6. The lowest BCUT2D eigenvalue weighted by Crippen LogP contribution is -2.12. The number of nitrogens with two attached hydrogens (primary N) is 1. The van der Waals surface area contributed by atoms with E-state index < -0.39 is 0 Å². The molecule has 0 atom stereocenters. The van der Waals surface area contributed by atoms with Crippen LogP contribution in [0.2, 0.25) is 0 Å². The number of fused-ring (bicyclic) bond motifs is 2. The Labute approximate surface area is 179 Å². The highest BCUT2D eigenvalue weighted by molar-refractivity contribution is 6.09. The largest absolute Gasteiger partial charge is 0.507 e. The average molecular weight is 404 g/mol. The van der Waals surface area contributed by atoms with Gasteiger partial charge in [0.2, 0.25) is 0 Å². The Kier molecular flexibility index (Phi) is 4.53. The molecule has 4 nitrogen and oxygen atoms in total. The monoisotopic (exact) mass is 404 g/mol. The molecule has 0 aromatic heterocycles. The number of aromatic hydroxyl groups is 1. The number of amides is 1. The summed E-state index contributed by atoms with van der Waals surface area (Å²) in [5.74, 6) is -0.419. The number of carbonyl (C=O) groups is 1. The van der Waals surface area contributed by atoms with Crippen LogP contribution < -0.4 is 11.1 Å². The van der Waals surface area contributed by atoms with Gasteiger partial charge in [-0.2, -0.15) is 0 Å². The first-order valence-electron chi connectivity index (χ1n) is 10.0. The van der Waals surface area contributed by atoms with Crippen LogP contribution in [0, 0.1) is 0 Å². The lowest BCUT2D eigenvalue weighted by Gasteiger charge is -2.12. The minimum Gasteiger partial charge on any atom is -0.507 e. The van der Waals surface area contributed by atoms with Crippen LogP contribution >= 0.6 is 0 Å². The van der Waals surface area contributed by atoms with Crippen molar-refractivity contribution in [3.63, 3.8) is 0 Å². The first-order chi connectivity index (χ1) is 15.1. The summed E-state index contributed by atoms with van der Waals surface area (Å²) in [6.07, 6.45) is 0. The molecule has 5 aromatic rings. The first-order valence-corrected chi connectivity index (χ1v) is 10.0. The summed E-state index contributed by atoms with van der Waals surface area (Å²) >= 11 is 0.